The monoisotopic (exact) mass is 322 g/mol. The molecule has 1 saturated heterocycles. The van der Waals surface area contributed by atoms with Gasteiger partial charge < -0.3 is 9.72 Å². The molecule has 0 unspecified atom stereocenters. The molecule has 0 amide bonds. The van der Waals surface area contributed by atoms with Crippen LogP contribution in [0.3, 0.4) is 0 Å². The van der Waals surface area contributed by atoms with Gasteiger partial charge in [0.25, 0.3) is 0 Å². The van der Waals surface area contributed by atoms with Gasteiger partial charge >= 0.3 is 0 Å². The minimum absolute atomic E-state index is 0.258. The molecule has 0 saturated carbocycles. The molecule has 3 aromatic heterocycles. The van der Waals surface area contributed by atoms with Gasteiger partial charge in [0.1, 0.15) is 0 Å². The van der Waals surface area contributed by atoms with Gasteiger partial charge in [-0.3, -0.25) is 14.9 Å². The van der Waals surface area contributed by atoms with Gasteiger partial charge in [0.2, 0.25) is 0 Å². The molecule has 0 radical (unpaired) electrons. The van der Waals surface area contributed by atoms with E-state index in [2.05, 4.69) is 45.8 Å². The van der Waals surface area contributed by atoms with Crippen LogP contribution in [-0.4, -0.2) is 45.1 Å². The molecule has 1 aliphatic heterocycles. The zero-order valence-electron chi connectivity index (χ0n) is 14.1. The van der Waals surface area contributed by atoms with Crippen molar-refractivity contribution in [2.24, 2.45) is 0 Å². The summed E-state index contributed by atoms with van der Waals surface area (Å²) in [6, 6.07) is 8.10. The van der Waals surface area contributed by atoms with Gasteiger partial charge in [-0.1, -0.05) is 0 Å². The van der Waals surface area contributed by atoms with Gasteiger partial charge in [-0.05, 0) is 38.1 Å². The van der Waals surface area contributed by atoms with Gasteiger partial charge in [0, 0.05) is 49.4 Å². The van der Waals surface area contributed by atoms with E-state index in [1.165, 1.54) is 5.56 Å². The predicted octanol–water partition coefficient (Wildman–Crippen LogP) is 3.23. The molecule has 0 bridgehead atoms. The lowest BCUT2D eigenvalue weighted by molar-refractivity contribution is -0.0703. The number of ether oxygens (including phenoxy) is 1. The second-order valence-corrected chi connectivity index (χ2v) is 6.57. The first-order chi connectivity index (χ1) is 11.7. The third kappa shape index (κ3) is 2.92. The molecule has 1 fully saturated rings. The molecule has 124 valence electrons. The molecule has 5 nitrogen and oxygen atoms in total. The molecule has 4 rings (SSSR count). The highest BCUT2D eigenvalue weighted by Crippen LogP contribution is 2.30. The maximum atomic E-state index is 5.86. The maximum Gasteiger partial charge on any atom is 0.0930 e. The van der Waals surface area contributed by atoms with Crippen molar-refractivity contribution in [3.05, 3.63) is 48.4 Å². The molecular weight excluding hydrogens is 300 g/mol. The van der Waals surface area contributed by atoms with Crippen LogP contribution in [-0.2, 0) is 11.3 Å². The van der Waals surface area contributed by atoms with Gasteiger partial charge in [-0.2, -0.15) is 0 Å². The molecule has 4 heterocycles. The highest BCUT2D eigenvalue weighted by molar-refractivity contribution is 5.87. The van der Waals surface area contributed by atoms with Crippen molar-refractivity contribution in [3.8, 4) is 11.3 Å². The van der Waals surface area contributed by atoms with E-state index in [0.29, 0.717) is 0 Å². The SMILES string of the molecule is C[C@H]1CN(Cc2c(-c3cccnc3)[nH]c3cccnc23)C[C@H](C)O1. The van der Waals surface area contributed by atoms with Gasteiger partial charge in [0.15, 0.2) is 0 Å². The second kappa shape index (κ2) is 6.34. The maximum absolute atomic E-state index is 5.86. The first kappa shape index (κ1) is 15.3. The Balaban J connectivity index is 1.75. The second-order valence-electron chi connectivity index (χ2n) is 6.57. The molecule has 1 N–H and O–H groups in total. The van der Waals surface area contributed by atoms with E-state index in [1.807, 2.05) is 24.5 Å². The smallest absolute Gasteiger partial charge is 0.0930 e. The summed E-state index contributed by atoms with van der Waals surface area (Å²) in [6.45, 7) is 7.02. The molecule has 1 aliphatic rings. The van der Waals surface area contributed by atoms with Gasteiger partial charge in [-0.15, -0.1) is 0 Å². The average Bonchev–Trinajstić information content (AvgIpc) is 2.94. The lowest BCUT2D eigenvalue weighted by atomic mass is 10.1. The molecule has 0 spiro atoms. The minimum atomic E-state index is 0.258. The van der Waals surface area contributed by atoms with Crippen molar-refractivity contribution in [2.45, 2.75) is 32.6 Å². The molecular formula is C19H22N4O. The van der Waals surface area contributed by atoms with E-state index in [0.717, 1.165) is 41.9 Å². The number of pyridine rings is 2. The predicted molar refractivity (Wildman–Crippen MR) is 94.6 cm³/mol. The van der Waals surface area contributed by atoms with Crippen LogP contribution in [0, 0.1) is 0 Å². The Morgan fingerprint density at radius 1 is 1.17 bits per heavy atom. The van der Waals surface area contributed by atoms with Crippen molar-refractivity contribution in [3.63, 3.8) is 0 Å². The lowest BCUT2D eigenvalue weighted by Gasteiger charge is -2.35. The highest BCUT2D eigenvalue weighted by atomic mass is 16.5. The fourth-order valence-corrected chi connectivity index (χ4v) is 3.62. The van der Waals surface area contributed by atoms with Crippen molar-refractivity contribution >= 4 is 11.0 Å². The number of hydrogen-bond acceptors (Lipinski definition) is 4. The van der Waals surface area contributed by atoms with Crippen LogP contribution in [0.15, 0.2) is 42.9 Å². The van der Waals surface area contributed by atoms with E-state index in [9.17, 15) is 0 Å². The summed E-state index contributed by atoms with van der Waals surface area (Å²) in [7, 11) is 0. The summed E-state index contributed by atoms with van der Waals surface area (Å²) >= 11 is 0. The third-order valence-electron chi connectivity index (χ3n) is 4.48. The molecule has 5 heteroatoms. The summed E-state index contributed by atoms with van der Waals surface area (Å²) in [4.78, 5) is 14.9. The molecule has 2 atom stereocenters. The highest BCUT2D eigenvalue weighted by Gasteiger charge is 2.24. The van der Waals surface area contributed by atoms with E-state index in [1.54, 1.807) is 6.20 Å². The Morgan fingerprint density at radius 2 is 1.96 bits per heavy atom. The summed E-state index contributed by atoms with van der Waals surface area (Å²) < 4.78 is 5.86. The van der Waals surface area contributed by atoms with Crippen LogP contribution in [0.4, 0.5) is 0 Å². The van der Waals surface area contributed by atoms with E-state index in [4.69, 9.17) is 4.74 Å². The molecule has 0 aliphatic carbocycles. The van der Waals surface area contributed by atoms with Crippen LogP contribution in [0.5, 0.6) is 0 Å². The van der Waals surface area contributed by atoms with E-state index >= 15 is 0 Å². The number of hydrogen-bond donors (Lipinski definition) is 1. The number of aromatic amines is 1. The van der Waals surface area contributed by atoms with Gasteiger partial charge in [0.05, 0.1) is 28.9 Å². The standard InChI is InChI=1S/C19H22N4O/c1-13-10-23(11-14(2)24-13)12-16-18(15-5-3-7-20-9-15)22-17-6-4-8-21-19(16)17/h3-9,13-14,22H,10-12H2,1-2H3/t13-,14-/m0/s1. The Morgan fingerprint density at radius 3 is 2.71 bits per heavy atom. The third-order valence-corrected chi connectivity index (χ3v) is 4.48. The summed E-state index contributed by atoms with van der Waals surface area (Å²) in [5.74, 6) is 0. The fourth-order valence-electron chi connectivity index (χ4n) is 3.62. The van der Waals surface area contributed by atoms with E-state index < -0.39 is 0 Å². The number of nitrogens with one attached hydrogen (secondary N) is 1. The molecule has 3 aromatic rings. The van der Waals surface area contributed by atoms with Crippen LogP contribution < -0.4 is 0 Å². The number of fused-ring (bicyclic) bond motifs is 1. The number of nitrogens with zero attached hydrogens (tertiary/aromatic N) is 3. The zero-order chi connectivity index (χ0) is 16.5. The number of morpholine rings is 1. The number of H-pyrrole nitrogens is 1. The quantitative estimate of drug-likeness (QED) is 0.804. The van der Waals surface area contributed by atoms with Crippen molar-refractivity contribution in [1.82, 2.24) is 19.9 Å². The minimum Gasteiger partial charge on any atom is -0.373 e. The van der Waals surface area contributed by atoms with Gasteiger partial charge in [-0.25, -0.2) is 0 Å². The Labute approximate surface area is 141 Å². The van der Waals surface area contributed by atoms with Crippen LogP contribution >= 0.6 is 0 Å². The normalized spacial score (nSPS) is 22.1. The lowest BCUT2D eigenvalue weighted by Crippen LogP contribution is -2.44. The van der Waals surface area contributed by atoms with Crippen LogP contribution in [0.25, 0.3) is 22.3 Å². The van der Waals surface area contributed by atoms with Crippen molar-refractivity contribution in [1.29, 1.82) is 0 Å². The number of rotatable bonds is 3. The van der Waals surface area contributed by atoms with Crippen LogP contribution in [0.1, 0.15) is 19.4 Å². The Kier molecular flexibility index (Phi) is 4.04. The molecule has 0 aromatic carbocycles. The number of aromatic nitrogens is 3. The largest absolute Gasteiger partial charge is 0.373 e. The van der Waals surface area contributed by atoms with Crippen molar-refractivity contribution in [2.75, 3.05) is 13.1 Å². The summed E-state index contributed by atoms with van der Waals surface area (Å²) in [6.07, 6.45) is 6.08. The average molecular weight is 322 g/mol. The fraction of sp³-hybridized carbons (Fsp3) is 0.368. The topological polar surface area (TPSA) is 54.0 Å². The first-order valence-corrected chi connectivity index (χ1v) is 8.44. The van der Waals surface area contributed by atoms with Crippen LogP contribution in [0.2, 0.25) is 0 Å². The van der Waals surface area contributed by atoms with Crippen molar-refractivity contribution < 1.29 is 4.74 Å². The Hall–Kier alpha value is -2.24. The first-order valence-electron chi connectivity index (χ1n) is 8.44. The Bertz CT molecular complexity index is 820. The molecule has 24 heavy (non-hydrogen) atoms. The summed E-state index contributed by atoms with van der Waals surface area (Å²) in [5, 5.41) is 0. The zero-order valence-corrected chi connectivity index (χ0v) is 14.1. The summed E-state index contributed by atoms with van der Waals surface area (Å²) in [5.41, 5.74) is 5.56. The van der Waals surface area contributed by atoms with E-state index in [-0.39, 0.29) is 12.2 Å².